The first-order chi connectivity index (χ1) is 13.0. The van der Waals surface area contributed by atoms with Crippen molar-refractivity contribution >= 4 is 23.2 Å². The van der Waals surface area contributed by atoms with E-state index in [0.29, 0.717) is 35.1 Å². The van der Waals surface area contributed by atoms with Crippen molar-refractivity contribution in [1.29, 1.82) is 0 Å². The Bertz CT molecular complexity index is 1000. The van der Waals surface area contributed by atoms with E-state index in [2.05, 4.69) is 10.4 Å². The van der Waals surface area contributed by atoms with E-state index in [1.807, 2.05) is 24.3 Å². The number of fused-ring (bicyclic) bond motifs is 1. The van der Waals surface area contributed by atoms with Crippen LogP contribution in [0.2, 0.25) is 5.02 Å². The van der Waals surface area contributed by atoms with Crippen LogP contribution in [0.1, 0.15) is 33.4 Å². The molecule has 2 heterocycles. The van der Waals surface area contributed by atoms with E-state index in [1.165, 1.54) is 12.1 Å². The molecule has 0 saturated carbocycles. The fourth-order valence-electron chi connectivity index (χ4n) is 3.03. The lowest BCUT2D eigenvalue weighted by Gasteiger charge is -2.24. The van der Waals surface area contributed by atoms with Crippen molar-refractivity contribution in [3.8, 4) is 0 Å². The molecule has 0 unspecified atom stereocenters. The van der Waals surface area contributed by atoms with Crippen LogP contribution in [0.15, 0.2) is 48.5 Å². The summed E-state index contributed by atoms with van der Waals surface area (Å²) in [6.07, 6.45) is -0.148. The number of hydrogen-bond donors (Lipinski definition) is 1. The molecule has 2 aromatic carbocycles. The molecule has 138 valence electrons. The standard InChI is InChI=1S/C20H17ClFN3O2/c1-12-8-15(6-7-17(12)22)23-20(26)18-9-16-11-27-19(10-25(16)24-18)13-2-4-14(21)5-3-13/h2-9,19H,10-11H2,1H3,(H,23,26)/t19-/m0/s1. The molecule has 0 fully saturated rings. The summed E-state index contributed by atoms with van der Waals surface area (Å²) in [7, 11) is 0. The first-order valence-corrected chi connectivity index (χ1v) is 8.89. The molecule has 5 nitrogen and oxygen atoms in total. The second-order valence-corrected chi connectivity index (χ2v) is 6.91. The fourth-order valence-corrected chi connectivity index (χ4v) is 3.16. The van der Waals surface area contributed by atoms with E-state index >= 15 is 0 Å². The molecule has 0 bridgehead atoms. The Morgan fingerprint density at radius 3 is 2.78 bits per heavy atom. The number of hydrogen-bond acceptors (Lipinski definition) is 3. The summed E-state index contributed by atoms with van der Waals surface area (Å²) in [6, 6.07) is 13.6. The van der Waals surface area contributed by atoms with E-state index in [4.69, 9.17) is 16.3 Å². The van der Waals surface area contributed by atoms with Crippen molar-refractivity contribution in [3.05, 3.63) is 81.9 Å². The third-order valence-corrected chi connectivity index (χ3v) is 4.78. The molecule has 0 radical (unpaired) electrons. The smallest absolute Gasteiger partial charge is 0.276 e. The first-order valence-electron chi connectivity index (χ1n) is 8.51. The van der Waals surface area contributed by atoms with E-state index in [-0.39, 0.29) is 17.8 Å². The average Bonchev–Trinajstić information content (AvgIpc) is 3.09. The van der Waals surface area contributed by atoms with Crippen LogP contribution in [-0.2, 0) is 17.9 Å². The van der Waals surface area contributed by atoms with E-state index < -0.39 is 0 Å². The monoisotopic (exact) mass is 385 g/mol. The Morgan fingerprint density at radius 1 is 1.26 bits per heavy atom. The predicted molar refractivity (Wildman–Crippen MR) is 100 cm³/mol. The number of nitrogens with zero attached hydrogens (tertiary/aromatic N) is 2. The summed E-state index contributed by atoms with van der Waals surface area (Å²) in [5, 5.41) is 7.82. The van der Waals surface area contributed by atoms with Gasteiger partial charge in [0.25, 0.3) is 5.91 Å². The van der Waals surface area contributed by atoms with Crippen LogP contribution in [-0.4, -0.2) is 15.7 Å². The molecule has 1 aliphatic rings. The van der Waals surface area contributed by atoms with Crippen LogP contribution in [0.4, 0.5) is 10.1 Å². The van der Waals surface area contributed by atoms with Gasteiger partial charge in [-0.1, -0.05) is 23.7 Å². The van der Waals surface area contributed by atoms with Gasteiger partial charge in [-0.05, 0) is 54.4 Å². The molecule has 1 aliphatic heterocycles. The van der Waals surface area contributed by atoms with Gasteiger partial charge in [-0.25, -0.2) is 4.39 Å². The second-order valence-electron chi connectivity index (χ2n) is 6.47. The maximum Gasteiger partial charge on any atom is 0.276 e. The number of ether oxygens (including phenoxy) is 1. The highest BCUT2D eigenvalue weighted by Gasteiger charge is 2.24. The largest absolute Gasteiger partial charge is 0.365 e. The highest BCUT2D eigenvalue weighted by atomic mass is 35.5. The molecule has 3 aromatic rings. The minimum Gasteiger partial charge on any atom is -0.365 e. The first kappa shape index (κ1) is 17.7. The normalized spacial score (nSPS) is 16.0. The summed E-state index contributed by atoms with van der Waals surface area (Å²) < 4.78 is 21.0. The Hall–Kier alpha value is -2.70. The number of aromatic nitrogens is 2. The van der Waals surface area contributed by atoms with Gasteiger partial charge in [0, 0.05) is 10.7 Å². The highest BCUT2D eigenvalue weighted by Crippen LogP contribution is 2.27. The minimum absolute atomic E-state index is 0.148. The lowest BCUT2D eigenvalue weighted by atomic mass is 10.1. The third kappa shape index (κ3) is 3.72. The van der Waals surface area contributed by atoms with E-state index in [1.54, 1.807) is 23.7 Å². The number of anilines is 1. The highest BCUT2D eigenvalue weighted by molar-refractivity contribution is 6.30. The molecule has 0 aliphatic carbocycles. The van der Waals surface area contributed by atoms with Gasteiger partial charge < -0.3 is 10.1 Å². The van der Waals surface area contributed by atoms with Gasteiger partial charge in [0.05, 0.1) is 18.8 Å². The molecular formula is C20H17ClFN3O2. The molecule has 7 heteroatoms. The van der Waals surface area contributed by atoms with Crippen LogP contribution in [0.3, 0.4) is 0 Å². The van der Waals surface area contributed by atoms with Gasteiger partial charge in [-0.15, -0.1) is 0 Å². The van der Waals surface area contributed by atoms with Crippen molar-refractivity contribution in [1.82, 2.24) is 9.78 Å². The van der Waals surface area contributed by atoms with Crippen molar-refractivity contribution in [2.24, 2.45) is 0 Å². The number of benzene rings is 2. The third-order valence-electron chi connectivity index (χ3n) is 4.52. The van der Waals surface area contributed by atoms with Crippen molar-refractivity contribution in [2.45, 2.75) is 26.2 Å². The summed E-state index contributed by atoms with van der Waals surface area (Å²) in [5.74, 6) is -0.651. The Kier molecular flexibility index (Phi) is 4.68. The fraction of sp³-hybridized carbons (Fsp3) is 0.200. The van der Waals surface area contributed by atoms with Gasteiger partial charge >= 0.3 is 0 Å². The maximum absolute atomic E-state index is 13.4. The minimum atomic E-state index is -0.342. The summed E-state index contributed by atoms with van der Waals surface area (Å²) in [4.78, 5) is 12.5. The second kappa shape index (κ2) is 7.13. The number of carbonyl (C=O) groups excluding carboxylic acids is 1. The summed E-state index contributed by atoms with van der Waals surface area (Å²) >= 11 is 5.93. The van der Waals surface area contributed by atoms with Gasteiger partial charge in [0.1, 0.15) is 11.9 Å². The number of carbonyl (C=O) groups is 1. The Morgan fingerprint density at radius 2 is 2.04 bits per heavy atom. The molecule has 0 saturated heterocycles. The number of nitrogens with one attached hydrogen (secondary N) is 1. The quantitative estimate of drug-likeness (QED) is 0.721. The van der Waals surface area contributed by atoms with Gasteiger partial charge in [-0.2, -0.15) is 5.10 Å². The molecule has 1 aromatic heterocycles. The zero-order chi connectivity index (χ0) is 19.0. The molecule has 4 rings (SSSR count). The molecule has 0 spiro atoms. The molecule has 1 amide bonds. The lowest BCUT2D eigenvalue weighted by Crippen LogP contribution is -2.22. The maximum atomic E-state index is 13.4. The molecule has 1 atom stereocenters. The lowest BCUT2D eigenvalue weighted by molar-refractivity contribution is -0.00118. The number of amides is 1. The SMILES string of the molecule is Cc1cc(NC(=O)c2cc3n(n2)C[C@@H](c2ccc(Cl)cc2)OC3)ccc1F. The van der Waals surface area contributed by atoms with Crippen molar-refractivity contribution < 1.29 is 13.9 Å². The van der Waals surface area contributed by atoms with Crippen molar-refractivity contribution in [3.63, 3.8) is 0 Å². The van der Waals surface area contributed by atoms with Crippen LogP contribution in [0.5, 0.6) is 0 Å². The van der Waals surface area contributed by atoms with Gasteiger partial charge in [0.15, 0.2) is 5.69 Å². The Balaban J connectivity index is 1.50. The number of rotatable bonds is 3. The van der Waals surface area contributed by atoms with Crippen LogP contribution >= 0.6 is 11.6 Å². The Labute approximate surface area is 160 Å². The summed E-state index contributed by atoms with van der Waals surface area (Å²) in [5.41, 5.74) is 3.14. The molecule has 1 N–H and O–H groups in total. The van der Waals surface area contributed by atoms with Gasteiger partial charge in [-0.3, -0.25) is 9.48 Å². The van der Waals surface area contributed by atoms with Crippen LogP contribution in [0, 0.1) is 12.7 Å². The zero-order valence-electron chi connectivity index (χ0n) is 14.6. The summed E-state index contributed by atoms with van der Waals surface area (Å²) in [6.45, 7) is 2.53. The number of halogens is 2. The topological polar surface area (TPSA) is 56.2 Å². The molecular weight excluding hydrogens is 369 g/mol. The van der Waals surface area contributed by atoms with Crippen molar-refractivity contribution in [2.75, 3.05) is 5.32 Å². The van der Waals surface area contributed by atoms with Crippen LogP contribution < -0.4 is 5.32 Å². The zero-order valence-corrected chi connectivity index (χ0v) is 15.3. The van der Waals surface area contributed by atoms with Crippen LogP contribution in [0.25, 0.3) is 0 Å². The van der Waals surface area contributed by atoms with E-state index in [0.717, 1.165) is 11.3 Å². The average molecular weight is 386 g/mol. The van der Waals surface area contributed by atoms with E-state index in [9.17, 15) is 9.18 Å². The molecule has 27 heavy (non-hydrogen) atoms. The predicted octanol–water partition coefficient (Wildman–Crippen LogP) is 4.51. The van der Waals surface area contributed by atoms with Gasteiger partial charge in [0.2, 0.25) is 0 Å². The number of aryl methyl sites for hydroxylation is 1.